The van der Waals surface area contributed by atoms with Crippen molar-refractivity contribution in [3.8, 4) is 45.8 Å². The third kappa shape index (κ3) is 4.85. The van der Waals surface area contributed by atoms with E-state index in [4.69, 9.17) is 0 Å². The Morgan fingerprint density at radius 2 is 0.770 bits per heavy atom. The molecule has 0 amide bonds. The highest BCUT2D eigenvalue weighted by atomic mass is 15.0. The molecule has 9 aromatic carbocycles. The van der Waals surface area contributed by atoms with Gasteiger partial charge in [0.05, 0.1) is 50.7 Å². The number of rotatable bonds is 5. The molecule has 2 heterocycles. The van der Waals surface area contributed by atoms with Crippen LogP contribution in [0.25, 0.3) is 77.2 Å². The highest BCUT2D eigenvalue weighted by Gasteiger charge is 2.46. The summed E-state index contributed by atoms with van der Waals surface area (Å²) in [5.74, 6) is 0. The molecular formula is C57H34N4. The maximum Gasteiger partial charge on any atom is 0.0998 e. The van der Waals surface area contributed by atoms with Gasteiger partial charge in [0.25, 0.3) is 0 Å². The van der Waals surface area contributed by atoms with Gasteiger partial charge in [-0.25, -0.2) is 0 Å². The lowest BCUT2D eigenvalue weighted by Crippen LogP contribution is -2.28. The number of nitriles is 2. The Bertz CT molecular complexity index is 3580. The minimum Gasteiger partial charge on any atom is -0.309 e. The molecule has 0 N–H and O–H groups in total. The monoisotopic (exact) mass is 774 g/mol. The SMILES string of the molecule is N#Cc1cc(-n2c3ccccc3c3ccccc32)ccc1-c1ccc(-n2c3ccccc3c3cc4c(cc32)-c2ccccc2C4(c2ccccc2)c2ccccc2)cc1C#N. The van der Waals surface area contributed by atoms with Crippen molar-refractivity contribution in [1.82, 2.24) is 9.13 Å². The Morgan fingerprint density at radius 3 is 1.30 bits per heavy atom. The van der Waals surface area contributed by atoms with E-state index in [1.54, 1.807) is 0 Å². The third-order valence-corrected chi connectivity index (χ3v) is 12.9. The number of fused-ring (bicyclic) bond motifs is 9. The summed E-state index contributed by atoms with van der Waals surface area (Å²) in [4.78, 5) is 0. The van der Waals surface area contributed by atoms with Crippen molar-refractivity contribution < 1.29 is 0 Å². The van der Waals surface area contributed by atoms with E-state index in [0.717, 1.165) is 66.1 Å². The average Bonchev–Trinajstić information content (AvgIpc) is 3.95. The summed E-state index contributed by atoms with van der Waals surface area (Å²) in [7, 11) is 0. The molecule has 0 radical (unpaired) electrons. The lowest BCUT2D eigenvalue weighted by atomic mass is 9.67. The second kappa shape index (κ2) is 13.3. The first kappa shape index (κ1) is 34.6. The van der Waals surface area contributed by atoms with E-state index in [1.165, 1.54) is 33.4 Å². The molecule has 4 heteroatoms. The van der Waals surface area contributed by atoms with Crippen LogP contribution in [0, 0.1) is 22.7 Å². The van der Waals surface area contributed by atoms with Gasteiger partial charge in [-0.2, -0.15) is 10.5 Å². The Hall–Kier alpha value is -8.44. The molecule has 1 aliphatic carbocycles. The molecule has 0 atom stereocenters. The van der Waals surface area contributed by atoms with Crippen molar-refractivity contribution in [3.05, 3.63) is 240 Å². The summed E-state index contributed by atoms with van der Waals surface area (Å²) in [6, 6.07) is 77.7. The molecule has 282 valence electrons. The Kier molecular flexibility index (Phi) is 7.54. The molecule has 1 aliphatic rings. The van der Waals surface area contributed by atoms with Gasteiger partial charge < -0.3 is 9.13 Å². The molecule has 0 aliphatic heterocycles. The van der Waals surface area contributed by atoms with E-state index >= 15 is 0 Å². The molecule has 2 aromatic heterocycles. The van der Waals surface area contributed by atoms with Crippen molar-refractivity contribution in [2.75, 3.05) is 0 Å². The lowest BCUT2D eigenvalue weighted by Gasteiger charge is -2.33. The summed E-state index contributed by atoms with van der Waals surface area (Å²) in [6.45, 7) is 0. The fraction of sp³-hybridized carbons (Fsp3) is 0.0175. The van der Waals surface area contributed by atoms with Crippen molar-refractivity contribution in [2.45, 2.75) is 5.41 Å². The highest BCUT2D eigenvalue weighted by Crippen LogP contribution is 2.57. The van der Waals surface area contributed by atoms with Gasteiger partial charge in [0.1, 0.15) is 0 Å². The van der Waals surface area contributed by atoms with Gasteiger partial charge in [-0.05, 0) is 88.0 Å². The summed E-state index contributed by atoms with van der Waals surface area (Å²) < 4.78 is 4.50. The zero-order valence-corrected chi connectivity index (χ0v) is 32.9. The van der Waals surface area contributed by atoms with Gasteiger partial charge in [0.2, 0.25) is 0 Å². The Morgan fingerprint density at radius 1 is 0.328 bits per heavy atom. The summed E-state index contributed by atoms with van der Waals surface area (Å²) in [5.41, 5.74) is 15.4. The van der Waals surface area contributed by atoms with E-state index in [9.17, 15) is 10.5 Å². The Balaban J connectivity index is 1.05. The zero-order valence-electron chi connectivity index (χ0n) is 32.9. The van der Waals surface area contributed by atoms with Gasteiger partial charge in [-0.15, -0.1) is 0 Å². The van der Waals surface area contributed by atoms with E-state index in [-0.39, 0.29) is 0 Å². The van der Waals surface area contributed by atoms with E-state index in [0.29, 0.717) is 11.1 Å². The van der Waals surface area contributed by atoms with E-state index in [1.807, 2.05) is 36.4 Å². The van der Waals surface area contributed by atoms with Gasteiger partial charge in [-0.1, -0.05) is 152 Å². The number of hydrogen-bond donors (Lipinski definition) is 0. The van der Waals surface area contributed by atoms with Crippen molar-refractivity contribution >= 4 is 43.6 Å². The molecule has 0 saturated carbocycles. The quantitative estimate of drug-likeness (QED) is 0.175. The maximum absolute atomic E-state index is 10.8. The minimum atomic E-state index is -0.517. The summed E-state index contributed by atoms with van der Waals surface area (Å²) in [5, 5.41) is 26.0. The van der Waals surface area contributed by atoms with Gasteiger partial charge in [-0.3, -0.25) is 0 Å². The lowest BCUT2D eigenvalue weighted by molar-refractivity contribution is 0.769. The maximum atomic E-state index is 10.8. The first-order valence-corrected chi connectivity index (χ1v) is 20.6. The molecule has 0 unspecified atom stereocenters. The van der Waals surface area contributed by atoms with Crippen LogP contribution in [0.15, 0.2) is 206 Å². The smallest absolute Gasteiger partial charge is 0.0998 e. The fourth-order valence-electron chi connectivity index (χ4n) is 10.4. The predicted molar refractivity (Wildman–Crippen MR) is 247 cm³/mol. The molecule has 61 heavy (non-hydrogen) atoms. The first-order valence-electron chi connectivity index (χ1n) is 20.6. The molecule has 12 rings (SSSR count). The third-order valence-electron chi connectivity index (χ3n) is 12.9. The average molecular weight is 775 g/mol. The standard InChI is InChI=1S/C57H34N4/c58-35-37-31-41(60-53-24-12-8-20-46(53)47-21-9-13-25-54(47)60)27-29-43(37)44-30-28-42(32-38(44)36-59)61-55-26-14-10-22-48(55)50-33-52-49(34-56(50)61)45-19-7-11-23-51(45)57(52,39-15-3-1-4-16-39)40-17-5-2-6-18-40/h1-34H. The zero-order chi connectivity index (χ0) is 40.7. The van der Waals surface area contributed by atoms with Crippen LogP contribution in [0.4, 0.5) is 0 Å². The molecule has 0 saturated heterocycles. The summed E-state index contributed by atoms with van der Waals surface area (Å²) in [6.07, 6.45) is 0. The van der Waals surface area contributed by atoms with Gasteiger partial charge in [0.15, 0.2) is 0 Å². The van der Waals surface area contributed by atoms with Crippen LogP contribution in [0.2, 0.25) is 0 Å². The minimum absolute atomic E-state index is 0.503. The number of hydrogen-bond acceptors (Lipinski definition) is 2. The number of aromatic nitrogens is 2. The topological polar surface area (TPSA) is 57.4 Å². The largest absolute Gasteiger partial charge is 0.309 e. The van der Waals surface area contributed by atoms with Crippen LogP contribution < -0.4 is 0 Å². The van der Waals surface area contributed by atoms with Gasteiger partial charge in [0, 0.05) is 44.0 Å². The predicted octanol–water partition coefficient (Wildman–Crippen LogP) is 13.7. The second-order valence-electron chi connectivity index (χ2n) is 15.8. The second-order valence-corrected chi connectivity index (χ2v) is 15.8. The molecule has 4 nitrogen and oxygen atoms in total. The number of benzene rings is 9. The van der Waals surface area contributed by atoms with E-state index in [2.05, 4.69) is 191 Å². The Labute approximate surface area is 352 Å². The van der Waals surface area contributed by atoms with Crippen LogP contribution in [-0.2, 0) is 5.41 Å². The van der Waals surface area contributed by atoms with Crippen LogP contribution in [0.5, 0.6) is 0 Å². The first-order chi connectivity index (χ1) is 30.2. The van der Waals surface area contributed by atoms with Crippen LogP contribution >= 0.6 is 0 Å². The van der Waals surface area contributed by atoms with Crippen LogP contribution in [-0.4, -0.2) is 9.13 Å². The normalized spacial score (nSPS) is 12.7. The molecule has 11 aromatic rings. The van der Waals surface area contributed by atoms with Crippen molar-refractivity contribution in [2.24, 2.45) is 0 Å². The van der Waals surface area contributed by atoms with E-state index < -0.39 is 5.41 Å². The number of nitrogens with zero attached hydrogens (tertiary/aromatic N) is 4. The van der Waals surface area contributed by atoms with Crippen molar-refractivity contribution in [1.29, 1.82) is 10.5 Å². The molecule has 0 spiro atoms. The van der Waals surface area contributed by atoms with Crippen molar-refractivity contribution in [3.63, 3.8) is 0 Å². The van der Waals surface area contributed by atoms with Gasteiger partial charge >= 0.3 is 0 Å². The number of para-hydroxylation sites is 3. The highest BCUT2D eigenvalue weighted by molar-refractivity contribution is 6.12. The fourth-order valence-corrected chi connectivity index (χ4v) is 10.4. The molecule has 0 fully saturated rings. The molecule has 0 bridgehead atoms. The molecular weight excluding hydrogens is 741 g/mol. The van der Waals surface area contributed by atoms with Crippen LogP contribution in [0.1, 0.15) is 33.4 Å². The summed E-state index contributed by atoms with van der Waals surface area (Å²) >= 11 is 0. The van der Waals surface area contributed by atoms with Crippen LogP contribution in [0.3, 0.4) is 0 Å².